The van der Waals surface area contributed by atoms with Crippen LogP contribution in [0.2, 0.25) is 0 Å². The topological polar surface area (TPSA) is 133 Å². The van der Waals surface area contributed by atoms with Crippen molar-refractivity contribution in [2.45, 2.75) is 13.0 Å². The third-order valence-electron chi connectivity index (χ3n) is 5.54. The number of esters is 1. The minimum atomic E-state index is -1.04. The van der Waals surface area contributed by atoms with E-state index in [1.165, 1.54) is 30.2 Å². The van der Waals surface area contributed by atoms with Crippen molar-refractivity contribution in [3.8, 4) is 0 Å². The highest BCUT2D eigenvalue weighted by atomic mass is 32.1. The van der Waals surface area contributed by atoms with Gasteiger partial charge in [-0.2, -0.15) is 0 Å². The first-order valence-corrected chi connectivity index (χ1v) is 10.8. The summed E-state index contributed by atoms with van der Waals surface area (Å²) in [6, 6.07) is 11.2. The van der Waals surface area contributed by atoms with Gasteiger partial charge >= 0.3 is 5.97 Å². The molecule has 1 aliphatic rings. The molecule has 1 aliphatic heterocycles. The van der Waals surface area contributed by atoms with E-state index in [1.807, 2.05) is 0 Å². The van der Waals surface area contributed by atoms with Crippen LogP contribution in [0.1, 0.15) is 43.1 Å². The van der Waals surface area contributed by atoms with E-state index in [0.717, 1.165) is 11.3 Å². The molecule has 0 N–H and O–H groups in total. The number of nitro groups is 1. The molecule has 0 saturated heterocycles. The number of aryl methyl sites for hydroxylation is 1. The van der Waals surface area contributed by atoms with Crippen LogP contribution in [0.5, 0.6) is 0 Å². The lowest BCUT2D eigenvalue weighted by molar-refractivity contribution is -0.384. The van der Waals surface area contributed by atoms with Crippen LogP contribution in [0, 0.1) is 17.0 Å². The molecule has 0 spiro atoms. The molecular weight excluding hydrogens is 462 g/mol. The number of amides is 1. The van der Waals surface area contributed by atoms with Crippen molar-refractivity contribution in [1.82, 2.24) is 4.98 Å². The lowest BCUT2D eigenvalue weighted by atomic mass is 9.98. The number of hydrogen-bond donors (Lipinski definition) is 0. The molecule has 10 nitrogen and oxygen atoms in total. The van der Waals surface area contributed by atoms with Crippen LogP contribution in [0.4, 0.5) is 10.8 Å². The maximum atomic E-state index is 13.6. The smallest absolute Gasteiger partial charge is 0.350 e. The zero-order chi connectivity index (χ0) is 24.1. The molecule has 0 saturated carbocycles. The molecule has 0 radical (unpaired) electrons. The number of anilines is 1. The molecule has 4 aromatic rings. The summed E-state index contributed by atoms with van der Waals surface area (Å²) in [7, 11) is 1.23. The average molecular weight is 477 g/mol. The second-order valence-electron chi connectivity index (χ2n) is 7.50. The summed E-state index contributed by atoms with van der Waals surface area (Å²) in [6.45, 7) is 1.60. The van der Waals surface area contributed by atoms with Gasteiger partial charge in [-0.1, -0.05) is 35.6 Å². The molecule has 1 unspecified atom stereocenters. The molecule has 34 heavy (non-hydrogen) atoms. The standard InChI is InChI=1S/C23H15N3O7S/c1-11-20(22(29)32-2)34-23(24-11)25-17(12-6-5-7-13(10-12)26(30)31)16-18(27)14-8-3-4-9-15(14)33-19(16)21(25)28/h3-10,17H,1-2H3. The maximum Gasteiger partial charge on any atom is 0.350 e. The normalized spacial score (nSPS) is 14.9. The Kier molecular flexibility index (Phi) is 4.98. The van der Waals surface area contributed by atoms with Crippen LogP contribution >= 0.6 is 11.3 Å². The summed E-state index contributed by atoms with van der Waals surface area (Å²) in [6.07, 6.45) is 0. The Balaban J connectivity index is 1.79. The minimum absolute atomic E-state index is 0.0525. The third kappa shape index (κ3) is 3.17. The number of methoxy groups -OCH3 is 1. The van der Waals surface area contributed by atoms with E-state index in [-0.39, 0.29) is 38.0 Å². The van der Waals surface area contributed by atoms with Crippen molar-refractivity contribution in [2.75, 3.05) is 12.0 Å². The monoisotopic (exact) mass is 477 g/mol. The van der Waals surface area contributed by atoms with Gasteiger partial charge in [0, 0.05) is 12.1 Å². The zero-order valence-corrected chi connectivity index (χ0v) is 18.6. The molecule has 0 bridgehead atoms. The average Bonchev–Trinajstić information content (AvgIpc) is 3.36. The van der Waals surface area contributed by atoms with Crippen molar-refractivity contribution in [3.05, 3.63) is 96.3 Å². The number of nitrogens with zero attached hydrogens (tertiary/aromatic N) is 3. The molecule has 1 amide bonds. The van der Waals surface area contributed by atoms with Gasteiger partial charge in [-0.3, -0.25) is 24.6 Å². The molecule has 5 rings (SSSR count). The molecule has 2 aromatic carbocycles. The first-order chi connectivity index (χ1) is 16.3. The Labute approximate surface area is 195 Å². The van der Waals surface area contributed by atoms with Gasteiger partial charge in [0.2, 0.25) is 5.76 Å². The molecule has 3 heterocycles. The fraction of sp³-hybridized carbons (Fsp3) is 0.130. The summed E-state index contributed by atoms with van der Waals surface area (Å²) in [5.74, 6) is -1.43. The number of rotatable bonds is 4. The molecule has 1 atom stereocenters. The number of carbonyl (C=O) groups is 2. The van der Waals surface area contributed by atoms with Gasteiger partial charge in [-0.05, 0) is 24.6 Å². The predicted octanol–water partition coefficient (Wildman–Crippen LogP) is 4.00. The van der Waals surface area contributed by atoms with Crippen molar-refractivity contribution in [1.29, 1.82) is 0 Å². The summed E-state index contributed by atoms with van der Waals surface area (Å²) < 4.78 is 10.6. The zero-order valence-electron chi connectivity index (χ0n) is 17.8. The number of para-hydroxylation sites is 1. The second-order valence-corrected chi connectivity index (χ2v) is 8.48. The summed E-state index contributed by atoms with van der Waals surface area (Å²) in [5, 5.41) is 11.8. The highest BCUT2D eigenvalue weighted by Crippen LogP contribution is 2.43. The summed E-state index contributed by atoms with van der Waals surface area (Å²) in [5.41, 5.74) is 0.343. The number of non-ortho nitro benzene ring substituents is 1. The van der Waals surface area contributed by atoms with E-state index in [0.29, 0.717) is 11.3 Å². The number of nitro benzene ring substituents is 1. The summed E-state index contributed by atoms with van der Waals surface area (Å²) >= 11 is 0.925. The first-order valence-electron chi connectivity index (χ1n) is 10.0. The fourth-order valence-electron chi connectivity index (χ4n) is 4.01. The predicted molar refractivity (Wildman–Crippen MR) is 122 cm³/mol. The Morgan fingerprint density at radius 1 is 1.21 bits per heavy atom. The fourth-order valence-corrected chi connectivity index (χ4v) is 5.02. The largest absolute Gasteiger partial charge is 0.465 e. The molecule has 0 fully saturated rings. The van der Waals surface area contributed by atoms with Crippen LogP contribution in [0.25, 0.3) is 11.0 Å². The Morgan fingerprint density at radius 3 is 2.71 bits per heavy atom. The third-order valence-corrected chi connectivity index (χ3v) is 6.67. The van der Waals surface area contributed by atoms with Crippen LogP contribution < -0.4 is 10.3 Å². The van der Waals surface area contributed by atoms with E-state index >= 15 is 0 Å². The minimum Gasteiger partial charge on any atom is -0.465 e. The Hall–Kier alpha value is -4.38. The van der Waals surface area contributed by atoms with Crippen molar-refractivity contribution >= 4 is 45.0 Å². The van der Waals surface area contributed by atoms with E-state index < -0.39 is 28.3 Å². The number of thiazole rings is 1. The van der Waals surface area contributed by atoms with E-state index in [1.54, 1.807) is 37.3 Å². The SMILES string of the molecule is COC(=O)c1sc(N2C(=O)c3oc4ccccc4c(=O)c3C2c2cccc([N+](=O)[O-])c2)nc1C. The van der Waals surface area contributed by atoms with E-state index in [4.69, 9.17) is 9.15 Å². The van der Waals surface area contributed by atoms with E-state index in [2.05, 4.69) is 4.98 Å². The van der Waals surface area contributed by atoms with Crippen LogP contribution in [0.3, 0.4) is 0 Å². The van der Waals surface area contributed by atoms with Gasteiger partial charge in [0.15, 0.2) is 10.6 Å². The molecule has 2 aromatic heterocycles. The highest BCUT2D eigenvalue weighted by molar-refractivity contribution is 7.17. The van der Waals surface area contributed by atoms with E-state index in [9.17, 15) is 24.5 Å². The molecule has 0 aliphatic carbocycles. The number of benzene rings is 2. The summed E-state index contributed by atoms with van der Waals surface area (Å²) in [4.78, 5) is 55.9. The number of aromatic nitrogens is 1. The number of carbonyl (C=O) groups excluding carboxylic acids is 2. The van der Waals surface area contributed by atoms with Gasteiger partial charge in [0.25, 0.3) is 11.6 Å². The Bertz CT molecular complexity index is 1570. The lowest BCUT2D eigenvalue weighted by Crippen LogP contribution is -2.29. The Morgan fingerprint density at radius 2 is 1.97 bits per heavy atom. The number of hydrogen-bond acceptors (Lipinski definition) is 9. The van der Waals surface area contributed by atoms with Gasteiger partial charge in [0.1, 0.15) is 10.5 Å². The van der Waals surface area contributed by atoms with Crippen LogP contribution in [-0.4, -0.2) is 28.9 Å². The quantitative estimate of drug-likeness (QED) is 0.245. The molecule has 11 heteroatoms. The number of fused-ring (bicyclic) bond motifs is 2. The van der Waals surface area contributed by atoms with Crippen molar-refractivity contribution in [2.24, 2.45) is 0 Å². The van der Waals surface area contributed by atoms with Crippen LogP contribution in [-0.2, 0) is 4.74 Å². The lowest BCUT2D eigenvalue weighted by Gasteiger charge is -2.22. The molecular formula is C23H15N3O7S. The van der Waals surface area contributed by atoms with Gasteiger partial charge < -0.3 is 9.15 Å². The van der Waals surface area contributed by atoms with Crippen molar-refractivity contribution in [3.63, 3.8) is 0 Å². The van der Waals surface area contributed by atoms with Gasteiger partial charge in [-0.25, -0.2) is 9.78 Å². The van der Waals surface area contributed by atoms with Gasteiger partial charge in [0.05, 0.1) is 34.7 Å². The highest BCUT2D eigenvalue weighted by Gasteiger charge is 2.45. The maximum absolute atomic E-state index is 13.6. The van der Waals surface area contributed by atoms with Crippen LogP contribution in [0.15, 0.2) is 57.7 Å². The van der Waals surface area contributed by atoms with Gasteiger partial charge in [-0.15, -0.1) is 0 Å². The number of ether oxygens (including phenoxy) is 1. The molecule has 170 valence electrons. The second kappa shape index (κ2) is 7.89. The van der Waals surface area contributed by atoms with Crippen molar-refractivity contribution < 1.29 is 23.7 Å². The first kappa shape index (κ1) is 21.5.